The molecule has 1 saturated heterocycles. The van der Waals surface area contributed by atoms with Gasteiger partial charge in [-0.1, -0.05) is 67.6 Å². The molecule has 32 heavy (non-hydrogen) atoms. The summed E-state index contributed by atoms with van der Waals surface area (Å²) < 4.78 is 6.48. The molecule has 2 heterocycles. The smallest absolute Gasteiger partial charge is 0.255 e. The van der Waals surface area contributed by atoms with Gasteiger partial charge in [-0.3, -0.25) is 9.69 Å². The Morgan fingerprint density at radius 3 is 2.25 bits per heavy atom. The minimum absolute atomic E-state index is 0.0535. The van der Waals surface area contributed by atoms with E-state index in [0.29, 0.717) is 5.56 Å². The van der Waals surface area contributed by atoms with Crippen molar-refractivity contribution >= 4 is 22.6 Å². The predicted molar refractivity (Wildman–Crippen MR) is 129 cm³/mol. The zero-order valence-corrected chi connectivity index (χ0v) is 18.3. The lowest BCUT2D eigenvalue weighted by atomic mass is 9.94. The van der Waals surface area contributed by atoms with Crippen LogP contribution in [0.15, 0.2) is 89.3 Å². The van der Waals surface area contributed by atoms with Crippen LogP contribution >= 0.6 is 0 Å². The van der Waals surface area contributed by atoms with Gasteiger partial charge in [0.1, 0.15) is 11.3 Å². The average molecular weight is 425 g/mol. The largest absolute Gasteiger partial charge is 0.457 e. The first kappa shape index (κ1) is 20.5. The monoisotopic (exact) mass is 424 g/mol. The number of furan rings is 1. The molecule has 162 valence electrons. The Hall–Kier alpha value is -3.37. The molecule has 5 rings (SSSR count). The number of nitrogens with zero attached hydrogens (tertiary/aromatic N) is 1. The Morgan fingerprint density at radius 1 is 0.906 bits per heavy atom. The van der Waals surface area contributed by atoms with Crippen molar-refractivity contribution in [3.63, 3.8) is 0 Å². The van der Waals surface area contributed by atoms with Gasteiger partial charge in [-0.2, -0.15) is 0 Å². The van der Waals surface area contributed by atoms with Gasteiger partial charge < -0.3 is 9.73 Å². The highest BCUT2D eigenvalue weighted by molar-refractivity contribution is 6.09. The Kier molecular flexibility index (Phi) is 5.78. The van der Waals surface area contributed by atoms with Gasteiger partial charge in [0.25, 0.3) is 5.91 Å². The number of likely N-dealkylation sites (tertiary alicyclic amines) is 1. The molecule has 3 aromatic carbocycles. The first-order valence-corrected chi connectivity index (χ1v) is 11.4. The van der Waals surface area contributed by atoms with Crippen LogP contribution in [-0.2, 0) is 0 Å². The molecule has 0 spiro atoms. The van der Waals surface area contributed by atoms with E-state index < -0.39 is 0 Å². The molecule has 1 aliphatic rings. The molecule has 4 nitrogen and oxygen atoms in total. The van der Waals surface area contributed by atoms with Crippen molar-refractivity contribution < 1.29 is 9.21 Å². The highest BCUT2D eigenvalue weighted by Gasteiger charge is 2.32. The molecule has 1 amide bonds. The molecule has 0 unspecified atom stereocenters. The molecule has 0 saturated carbocycles. The van der Waals surface area contributed by atoms with E-state index in [9.17, 15) is 4.79 Å². The van der Waals surface area contributed by atoms with Gasteiger partial charge in [0.15, 0.2) is 0 Å². The summed E-state index contributed by atoms with van der Waals surface area (Å²) in [6, 6.07) is 27.7. The average Bonchev–Trinajstić information content (AvgIpc) is 3.19. The zero-order chi connectivity index (χ0) is 21.9. The molecule has 1 N–H and O–H groups in total. The molecule has 4 heteroatoms. The topological polar surface area (TPSA) is 45.5 Å². The Morgan fingerprint density at radius 2 is 1.53 bits per heavy atom. The zero-order valence-electron chi connectivity index (χ0n) is 18.3. The second-order valence-corrected chi connectivity index (χ2v) is 8.69. The van der Waals surface area contributed by atoms with E-state index in [-0.39, 0.29) is 11.9 Å². The fourth-order valence-electron chi connectivity index (χ4n) is 4.61. The van der Waals surface area contributed by atoms with Crippen molar-refractivity contribution in [3.8, 4) is 0 Å². The Bertz CT molecular complexity index is 1190. The van der Waals surface area contributed by atoms with Crippen LogP contribution in [0.1, 0.15) is 47.5 Å². The molecule has 0 radical (unpaired) electrons. The number of piperidine rings is 1. The van der Waals surface area contributed by atoms with E-state index >= 15 is 0 Å². The van der Waals surface area contributed by atoms with E-state index in [1.54, 1.807) is 0 Å². The normalized spacial score (nSPS) is 16.2. The summed E-state index contributed by atoms with van der Waals surface area (Å²) in [5.41, 5.74) is 3.36. The van der Waals surface area contributed by atoms with Crippen LogP contribution in [-0.4, -0.2) is 23.9 Å². The van der Waals surface area contributed by atoms with Crippen molar-refractivity contribution in [2.45, 2.75) is 25.8 Å². The van der Waals surface area contributed by atoms with Gasteiger partial charge in [0, 0.05) is 10.9 Å². The number of carbonyl (C=O) groups is 1. The van der Waals surface area contributed by atoms with Gasteiger partial charge in [-0.05, 0) is 61.7 Å². The maximum Gasteiger partial charge on any atom is 0.255 e. The number of fused-ring (bicyclic) bond motifs is 1. The predicted octanol–water partition coefficient (Wildman–Crippen LogP) is 6.51. The second-order valence-electron chi connectivity index (χ2n) is 8.69. The molecular weight excluding hydrogens is 396 g/mol. The summed E-state index contributed by atoms with van der Waals surface area (Å²) in [5.74, 6) is 1.41. The number of para-hydroxylation sites is 1. The lowest BCUT2D eigenvalue weighted by Crippen LogP contribution is -2.37. The summed E-state index contributed by atoms with van der Waals surface area (Å²) in [6.45, 7) is 4.33. The van der Waals surface area contributed by atoms with Crippen LogP contribution in [0.3, 0.4) is 0 Å². The lowest BCUT2D eigenvalue weighted by Gasteiger charge is -2.36. The number of hydrogen-bond donors (Lipinski definition) is 1. The third-order valence-corrected chi connectivity index (χ3v) is 6.44. The van der Waals surface area contributed by atoms with E-state index in [2.05, 4.69) is 41.4 Å². The molecule has 0 aliphatic carbocycles. The molecule has 1 atom stereocenters. The first-order chi connectivity index (χ1) is 15.7. The number of benzene rings is 3. The Labute approximate surface area is 188 Å². The number of rotatable bonds is 5. The van der Waals surface area contributed by atoms with Crippen LogP contribution in [0.25, 0.3) is 11.0 Å². The highest BCUT2D eigenvalue weighted by Crippen LogP contribution is 2.41. The standard InChI is InChI=1S/C28H28N2O2/c1-20-16-18-30(19-17-20)26(21-10-4-2-5-11-21)27-25(23-14-8-9-15-24(23)32-27)29-28(31)22-12-6-3-7-13-22/h2-15,20,26H,16-19H2,1H3,(H,29,31)/t26-/m1/s1. The number of anilines is 1. The van der Waals surface area contributed by atoms with Crippen molar-refractivity contribution in [1.29, 1.82) is 0 Å². The van der Waals surface area contributed by atoms with Crippen LogP contribution < -0.4 is 5.32 Å². The van der Waals surface area contributed by atoms with Gasteiger partial charge in [0.2, 0.25) is 0 Å². The van der Waals surface area contributed by atoms with Crippen molar-refractivity contribution in [2.75, 3.05) is 18.4 Å². The van der Waals surface area contributed by atoms with Crippen LogP contribution in [0, 0.1) is 5.92 Å². The first-order valence-electron chi connectivity index (χ1n) is 11.4. The maximum absolute atomic E-state index is 13.1. The van der Waals surface area contributed by atoms with E-state index in [4.69, 9.17) is 4.42 Å². The van der Waals surface area contributed by atoms with Crippen LogP contribution in [0.5, 0.6) is 0 Å². The summed E-state index contributed by atoms with van der Waals surface area (Å²) in [4.78, 5) is 15.6. The van der Waals surface area contributed by atoms with Gasteiger partial charge in [0.05, 0.1) is 11.7 Å². The highest BCUT2D eigenvalue weighted by atomic mass is 16.3. The fraction of sp³-hybridized carbons (Fsp3) is 0.250. The van der Waals surface area contributed by atoms with Crippen molar-refractivity contribution in [2.24, 2.45) is 5.92 Å². The lowest BCUT2D eigenvalue weighted by molar-refractivity contribution is 0.102. The SMILES string of the molecule is CC1CCN([C@H](c2ccccc2)c2oc3ccccc3c2NC(=O)c2ccccc2)CC1. The summed E-state index contributed by atoms with van der Waals surface area (Å²) in [7, 11) is 0. The summed E-state index contributed by atoms with van der Waals surface area (Å²) in [5, 5.41) is 4.12. The number of carbonyl (C=O) groups excluding carboxylic acids is 1. The molecule has 1 fully saturated rings. The van der Waals surface area contributed by atoms with Crippen molar-refractivity contribution in [1.82, 2.24) is 4.90 Å². The molecule has 0 bridgehead atoms. The third-order valence-electron chi connectivity index (χ3n) is 6.44. The van der Waals surface area contributed by atoms with E-state index in [1.807, 2.05) is 60.7 Å². The van der Waals surface area contributed by atoms with Gasteiger partial charge in [-0.15, -0.1) is 0 Å². The maximum atomic E-state index is 13.1. The molecule has 1 aromatic heterocycles. The molecule has 4 aromatic rings. The minimum Gasteiger partial charge on any atom is -0.457 e. The van der Waals surface area contributed by atoms with Gasteiger partial charge in [-0.25, -0.2) is 0 Å². The summed E-state index contributed by atoms with van der Waals surface area (Å²) >= 11 is 0. The van der Waals surface area contributed by atoms with Crippen LogP contribution in [0.2, 0.25) is 0 Å². The van der Waals surface area contributed by atoms with Gasteiger partial charge >= 0.3 is 0 Å². The van der Waals surface area contributed by atoms with E-state index in [1.165, 1.54) is 5.56 Å². The molecule has 1 aliphatic heterocycles. The minimum atomic E-state index is -0.127. The van der Waals surface area contributed by atoms with E-state index in [0.717, 1.165) is 54.3 Å². The Balaban J connectivity index is 1.62. The number of amides is 1. The second kappa shape index (κ2) is 9.01. The fourth-order valence-corrected chi connectivity index (χ4v) is 4.61. The number of hydrogen-bond acceptors (Lipinski definition) is 3. The number of nitrogens with one attached hydrogen (secondary N) is 1. The van der Waals surface area contributed by atoms with Crippen molar-refractivity contribution in [3.05, 3.63) is 102 Å². The molecular formula is C28H28N2O2. The summed E-state index contributed by atoms with van der Waals surface area (Å²) in [6.07, 6.45) is 2.32. The quantitative estimate of drug-likeness (QED) is 0.397. The third kappa shape index (κ3) is 4.06. The van der Waals surface area contributed by atoms with Crippen LogP contribution in [0.4, 0.5) is 5.69 Å².